The van der Waals surface area contributed by atoms with Gasteiger partial charge in [0.25, 0.3) is 0 Å². The fourth-order valence-corrected chi connectivity index (χ4v) is 3.86. The number of fused-ring (bicyclic) bond motifs is 1. The first-order valence-electron chi connectivity index (χ1n) is 9.00. The standard InChI is InChI=1S/C20H34N2/c1-8-16-11-14(4)21-12-17-18(22-20(6,7)9-2)10-13(3)15(5)19(16)17/h10-11,13,15,17,19,22H,8-9,12H2,1-7H3/t13-,15-,17+,19?/m1/s1. The van der Waals surface area contributed by atoms with Gasteiger partial charge in [-0.25, -0.2) is 0 Å². The molecule has 1 unspecified atom stereocenters. The number of hydrogen-bond donors (Lipinski definition) is 1. The van der Waals surface area contributed by atoms with Crippen LogP contribution in [0.15, 0.2) is 28.4 Å². The summed E-state index contributed by atoms with van der Waals surface area (Å²) >= 11 is 0. The molecule has 0 saturated carbocycles. The molecule has 0 aromatic heterocycles. The summed E-state index contributed by atoms with van der Waals surface area (Å²) in [4.78, 5) is 4.83. The Hall–Kier alpha value is -1.05. The van der Waals surface area contributed by atoms with Gasteiger partial charge < -0.3 is 5.32 Å². The van der Waals surface area contributed by atoms with Crippen molar-refractivity contribution in [3.63, 3.8) is 0 Å². The first-order valence-corrected chi connectivity index (χ1v) is 9.00. The Kier molecular flexibility index (Phi) is 5.19. The Balaban J connectivity index is 2.40. The molecule has 2 aliphatic rings. The van der Waals surface area contributed by atoms with Gasteiger partial charge in [-0.2, -0.15) is 0 Å². The minimum absolute atomic E-state index is 0.151. The molecule has 1 aliphatic heterocycles. The zero-order valence-corrected chi connectivity index (χ0v) is 15.5. The van der Waals surface area contributed by atoms with Crippen molar-refractivity contribution in [3.8, 4) is 0 Å². The third kappa shape index (κ3) is 3.47. The monoisotopic (exact) mass is 302 g/mol. The van der Waals surface area contributed by atoms with Gasteiger partial charge in [0.15, 0.2) is 0 Å². The smallest absolute Gasteiger partial charge is 0.0481 e. The van der Waals surface area contributed by atoms with Crippen LogP contribution in [-0.2, 0) is 0 Å². The summed E-state index contributed by atoms with van der Waals surface area (Å²) < 4.78 is 0. The predicted molar refractivity (Wildman–Crippen MR) is 97.2 cm³/mol. The van der Waals surface area contributed by atoms with Gasteiger partial charge in [-0.1, -0.05) is 39.3 Å². The van der Waals surface area contributed by atoms with E-state index in [1.54, 1.807) is 5.57 Å². The molecular formula is C20H34N2. The molecule has 0 amide bonds. The van der Waals surface area contributed by atoms with Gasteiger partial charge in [-0.3, -0.25) is 4.99 Å². The Morgan fingerprint density at radius 2 is 1.95 bits per heavy atom. The Labute approximate surface area is 137 Å². The first kappa shape index (κ1) is 17.3. The van der Waals surface area contributed by atoms with E-state index in [0.717, 1.165) is 19.4 Å². The summed E-state index contributed by atoms with van der Waals surface area (Å²) in [5.41, 5.74) is 4.36. The van der Waals surface area contributed by atoms with E-state index in [1.807, 2.05) is 0 Å². The summed E-state index contributed by atoms with van der Waals surface area (Å²) in [6.45, 7) is 17.0. The normalized spacial score (nSPS) is 32.4. The van der Waals surface area contributed by atoms with Gasteiger partial charge in [0.2, 0.25) is 0 Å². The topological polar surface area (TPSA) is 24.4 Å². The summed E-state index contributed by atoms with van der Waals surface area (Å²) in [7, 11) is 0. The molecule has 1 aliphatic carbocycles. The van der Waals surface area contributed by atoms with Crippen LogP contribution in [0.2, 0.25) is 0 Å². The molecule has 0 spiro atoms. The van der Waals surface area contributed by atoms with Crippen molar-refractivity contribution in [2.75, 3.05) is 6.54 Å². The lowest BCUT2D eigenvalue weighted by molar-refractivity contribution is 0.224. The molecule has 124 valence electrons. The van der Waals surface area contributed by atoms with Crippen molar-refractivity contribution in [2.45, 2.75) is 66.8 Å². The fraction of sp³-hybridized carbons (Fsp3) is 0.750. The minimum atomic E-state index is 0.151. The van der Waals surface area contributed by atoms with E-state index >= 15 is 0 Å². The Bertz CT molecular complexity index is 496. The van der Waals surface area contributed by atoms with E-state index in [4.69, 9.17) is 4.99 Å². The van der Waals surface area contributed by atoms with Crippen LogP contribution in [0.3, 0.4) is 0 Å². The average Bonchev–Trinajstić information content (AvgIpc) is 2.63. The van der Waals surface area contributed by atoms with Crippen LogP contribution < -0.4 is 5.32 Å². The Morgan fingerprint density at radius 1 is 1.27 bits per heavy atom. The second kappa shape index (κ2) is 6.60. The second-order valence-electron chi connectivity index (χ2n) is 7.89. The third-order valence-electron chi connectivity index (χ3n) is 5.81. The van der Waals surface area contributed by atoms with Crippen molar-refractivity contribution >= 4 is 5.71 Å². The van der Waals surface area contributed by atoms with E-state index in [-0.39, 0.29) is 5.54 Å². The SMILES string of the molecule is CCC1=CC(C)=NC[C@H]2C(NC(C)(C)CC)=C[C@@H](C)[C@@H](C)C12. The molecular weight excluding hydrogens is 268 g/mol. The summed E-state index contributed by atoms with van der Waals surface area (Å²) in [5.74, 6) is 2.44. The first-order chi connectivity index (χ1) is 10.3. The summed E-state index contributed by atoms with van der Waals surface area (Å²) in [6, 6.07) is 0. The van der Waals surface area contributed by atoms with Crippen LogP contribution in [0.5, 0.6) is 0 Å². The number of nitrogens with one attached hydrogen (secondary N) is 1. The number of hydrogen-bond acceptors (Lipinski definition) is 2. The zero-order valence-electron chi connectivity index (χ0n) is 15.5. The van der Waals surface area contributed by atoms with Crippen molar-refractivity contribution < 1.29 is 0 Å². The maximum atomic E-state index is 4.83. The minimum Gasteiger partial charge on any atom is -0.383 e. The zero-order chi connectivity index (χ0) is 16.5. The van der Waals surface area contributed by atoms with Gasteiger partial charge in [0.1, 0.15) is 0 Å². The lowest BCUT2D eigenvalue weighted by Gasteiger charge is -2.43. The molecule has 0 fully saturated rings. The molecule has 2 rings (SSSR count). The average molecular weight is 303 g/mol. The Morgan fingerprint density at radius 3 is 2.55 bits per heavy atom. The van der Waals surface area contributed by atoms with Crippen molar-refractivity contribution in [1.29, 1.82) is 0 Å². The highest BCUT2D eigenvalue weighted by atomic mass is 15.0. The molecule has 0 saturated heterocycles. The van der Waals surface area contributed by atoms with E-state index in [2.05, 4.69) is 65.9 Å². The van der Waals surface area contributed by atoms with Crippen molar-refractivity contribution in [3.05, 3.63) is 23.4 Å². The quantitative estimate of drug-likeness (QED) is 0.778. The molecule has 1 N–H and O–H groups in total. The van der Waals surface area contributed by atoms with E-state index in [0.29, 0.717) is 23.7 Å². The molecule has 0 bridgehead atoms. The lowest BCUT2D eigenvalue weighted by atomic mass is 9.66. The molecule has 0 radical (unpaired) electrons. The highest BCUT2D eigenvalue weighted by molar-refractivity contribution is 5.93. The molecule has 0 aromatic rings. The summed E-state index contributed by atoms with van der Waals surface area (Å²) in [6.07, 6.45) is 7.09. The van der Waals surface area contributed by atoms with Crippen LogP contribution in [0, 0.1) is 23.7 Å². The van der Waals surface area contributed by atoms with E-state index in [1.165, 1.54) is 11.4 Å². The highest BCUT2D eigenvalue weighted by Gasteiger charge is 2.39. The van der Waals surface area contributed by atoms with Crippen molar-refractivity contribution in [1.82, 2.24) is 5.32 Å². The number of aliphatic imine (C=N–C) groups is 1. The van der Waals surface area contributed by atoms with E-state index < -0.39 is 0 Å². The van der Waals surface area contributed by atoms with Gasteiger partial charge in [-0.05, 0) is 57.4 Å². The van der Waals surface area contributed by atoms with Crippen LogP contribution in [0.1, 0.15) is 61.3 Å². The molecule has 2 heteroatoms. The van der Waals surface area contributed by atoms with Gasteiger partial charge in [0.05, 0.1) is 0 Å². The summed E-state index contributed by atoms with van der Waals surface area (Å²) in [5, 5.41) is 3.85. The number of rotatable bonds is 4. The molecule has 4 atom stereocenters. The van der Waals surface area contributed by atoms with Gasteiger partial charge in [-0.15, -0.1) is 0 Å². The van der Waals surface area contributed by atoms with Gasteiger partial charge in [0, 0.05) is 29.4 Å². The maximum Gasteiger partial charge on any atom is 0.0481 e. The van der Waals surface area contributed by atoms with Crippen molar-refractivity contribution in [2.24, 2.45) is 28.7 Å². The van der Waals surface area contributed by atoms with E-state index in [9.17, 15) is 0 Å². The largest absolute Gasteiger partial charge is 0.383 e. The van der Waals surface area contributed by atoms with Crippen LogP contribution >= 0.6 is 0 Å². The van der Waals surface area contributed by atoms with Gasteiger partial charge >= 0.3 is 0 Å². The predicted octanol–water partition coefficient (Wildman–Crippen LogP) is 4.98. The number of nitrogens with zero attached hydrogens (tertiary/aromatic N) is 1. The van der Waals surface area contributed by atoms with Crippen LogP contribution in [0.4, 0.5) is 0 Å². The molecule has 2 nitrogen and oxygen atoms in total. The number of allylic oxidation sites excluding steroid dienone is 3. The molecule has 0 aromatic carbocycles. The van der Waals surface area contributed by atoms with Crippen LogP contribution in [0.25, 0.3) is 0 Å². The molecule has 22 heavy (non-hydrogen) atoms. The fourth-order valence-electron chi connectivity index (χ4n) is 3.86. The lowest BCUT2D eigenvalue weighted by Crippen LogP contribution is -2.45. The van der Waals surface area contributed by atoms with Crippen LogP contribution in [-0.4, -0.2) is 17.8 Å². The third-order valence-corrected chi connectivity index (χ3v) is 5.81. The second-order valence-corrected chi connectivity index (χ2v) is 7.89. The molecule has 1 heterocycles. The highest BCUT2D eigenvalue weighted by Crippen LogP contribution is 2.44. The maximum absolute atomic E-state index is 4.83.